The van der Waals surface area contributed by atoms with E-state index in [4.69, 9.17) is 23.2 Å². The molecule has 0 saturated carbocycles. The van der Waals surface area contributed by atoms with Crippen LogP contribution >= 0.6 is 23.2 Å². The molecule has 3 nitrogen and oxygen atoms in total. The van der Waals surface area contributed by atoms with E-state index in [1.54, 1.807) is 11.0 Å². The average Bonchev–Trinajstić information content (AvgIpc) is 2.75. The Morgan fingerprint density at radius 2 is 2.00 bits per heavy atom. The molecule has 1 fully saturated rings. The topological polar surface area (TPSA) is 32.3 Å². The minimum absolute atomic E-state index is 0.112. The first-order valence-corrected chi connectivity index (χ1v) is 7.12. The Hall–Kier alpha value is -0.770. The molecule has 1 saturated heterocycles. The van der Waals surface area contributed by atoms with Gasteiger partial charge in [0.05, 0.1) is 5.54 Å². The van der Waals surface area contributed by atoms with Gasteiger partial charge in [-0.25, -0.2) is 0 Å². The van der Waals surface area contributed by atoms with Crippen LogP contribution in [0.25, 0.3) is 0 Å². The lowest BCUT2D eigenvalue weighted by atomic mass is 9.98. The van der Waals surface area contributed by atoms with Gasteiger partial charge in [0, 0.05) is 23.6 Å². The van der Waals surface area contributed by atoms with Gasteiger partial charge >= 0.3 is 0 Å². The molecular weight excluding hydrogens is 283 g/mol. The Bertz CT molecular complexity index is 464. The maximum Gasteiger partial charge on any atom is 0.242 e. The number of benzene rings is 1. The van der Waals surface area contributed by atoms with E-state index < -0.39 is 5.54 Å². The van der Waals surface area contributed by atoms with Gasteiger partial charge in [-0.05, 0) is 50.1 Å². The maximum atomic E-state index is 12.4. The van der Waals surface area contributed by atoms with E-state index in [-0.39, 0.29) is 5.91 Å². The van der Waals surface area contributed by atoms with E-state index in [9.17, 15) is 4.79 Å². The molecule has 0 spiro atoms. The van der Waals surface area contributed by atoms with Gasteiger partial charge in [-0.3, -0.25) is 4.79 Å². The van der Waals surface area contributed by atoms with Crippen molar-refractivity contribution in [3.8, 4) is 0 Å². The third kappa shape index (κ3) is 3.41. The number of amides is 1. The minimum Gasteiger partial charge on any atom is -0.340 e. The van der Waals surface area contributed by atoms with E-state index in [0.29, 0.717) is 16.6 Å². The van der Waals surface area contributed by atoms with Crippen molar-refractivity contribution in [2.75, 3.05) is 13.6 Å². The Morgan fingerprint density at radius 1 is 1.37 bits per heavy atom. The van der Waals surface area contributed by atoms with Gasteiger partial charge in [0.25, 0.3) is 0 Å². The largest absolute Gasteiger partial charge is 0.340 e. The number of nitrogens with one attached hydrogen (secondary N) is 1. The monoisotopic (exact) mass is 300 g/mol. The lowest BCUT2D eigenvalue weighted by Crippen LogP contribution is -2.51. The lowest BCUT2D eigenvalue weighted by molar-refractivity contribution is -0.136. The van der Waals surface area contributed by atoms with E-state index in [1.165, 1.54) is 0 Å². The van der Waals surface area contributed by atoms with E-state index in [1.807, 2.05) is 26.1 Å². The highest BCUT2D eigenvalue weighted by atomic mass is 35.5. The molecule has 0 aliphatic carbocycles. The van der Waals surface area contributed by atoms with Crippen molar-refractivity contribution in [3.63, 3.8) is 0 Å². The Kier molecular flexibility index (Phi) is 4.39. The number of carbonyl (C=O) groups is 1. The summed E-state index contributed by atoms with van der Waals surface area (Å²) in [4.78, 5) is 14.2. The first kappa shape index (κ1) is 14.6. The molecule has 104 valence electrons. The van der Waals surface area contributed by atoms with Gasteiger partial charge in [-0.15, -0.1) is 0 Å². The smallest absolute Gasteiger partial charge is 0.242 e. The van der Waals surface area contributed by atoms with E-state index in [2.05, 4.69) is 5.32 Å². The maximum absolute atomic E-state index is 12.4. The van der Waals surface area contributed by atoms with Crippen LogP contribution in [0, 0.1) is 0 Å². The number of rotatable bonds is 3. The molecule has 1 aromatic carbocycles. The third-order valence-corrected chi connectivity index (χ3v) is 3.97. The van der Waals surface area contributed by atoms with E-state index >= 15 is 0 Å². The molecule has 0 radical (unpaired) electrons. The molecule has 1 aliphatic rings. The molecule has 1 heterocycles. The summed E-state index contributed by atoms with van der Waals surface area (Å²) >= 11 is 11.9. The molecule has 0 bridgehead atoms. The number of hydrogen-bond acceptors (Lipinski definition) is 2. The summed E-state index contributed by atoms with van der Waals surface area (Å²) in [5.74, 6) is 0.112. The van der Waals surface area contributed by atoms with Crippen LogP contribution in [0.3, 0.4) is 0 Å². The zero-order chi connectivity index (χ0) is 14.0. The summed E-state index contributed by atoms with van der Waals surface area (Å²) in [7, 11) is 1.81. The summed E-state index contributed by atoms with van der Waals surface area (Å²) < 4.78 is 0. The van der Waals surface area contributed by atoms with Crippen molar-refractivity contribution in [1.82, 2.24) is 10.2 Å². The predicted octanol–water partition coefficient (Wildman–Crippen LogP) is 3.09. The summed E-state index contributed by atoms with van der Waals surface area (Å²) in [5, 5.41) is 4.46. The SMILES string of the molecule is CN(Cc1cc(Cl)cc(Cl)c1)C(=O)C1(C)CCCN1. The van der Waals surface area contributed by atoms with Crippen LogP contribution in [0.1, 0.15) is 25.3 Å². The summed E-state index contributed by atoms with van der Waals surface area (Å²) in [6, 6.07) is 5.36. The van der Waals surface area contributed by atoms with Crippen molar-refractivity contribution in [3.05, 3.63) is 33.8 Å². The van der Waals surface area contributed by atoms with Crippen LogP contribution in [0.2, 0.25) is 10.0 Å². The molecule has 0 aromatic heterocycles. The van der Waals surface area contributed by atoms with Gasteiger partial charge in [-0.1, -0.05) is 23.2 Å². The number of halogens is 2. The highest BCUT2D eigenvalue weighted by molar-refractivity contribution is 6.34. The van der Waals surface area contributed by atoms with Crippen molar-refractivity contribution in [1.29, 1.82) is 0 Å². The Balaban J connectivity index is 2.08. The quantitative estimate of drug-likeness (QED) is 0.930. The Labute approximate surface area is 123 Å². The summed E-state index contributed by atoms with van der Waals surface area (Å²) in [6.45, 7) is 3.37. The molecule has 1 amide bonds. The number of likely N-dealkylation sites (N-methyl/N-ethyl adjacent to an activating group) is 1. The van der Waals surface area contributed by atoms with Crippen molar-refractivity contribution >= 4 is 29.1 Å². The fraction of sp³-hybridized carbons (Fsp3) is 0.500. The van der Waals surface area contributed by atoms with Crippen LogP contribution in [0.5, 0.6) is 0 Å². The van der Waals surface area contributed by atoms with Gasteiger partial charge in [0.2, 0.25) is 5.91 Å². The van der Waals surface area contributed by atoms with Gasteiger partial charge in [0.1, 0.15) is 0 Å². The zero-order valence-electron chi connectivity index (χ0n) is 11.2. The van der Waals surface area contributed by atoms with Crippen LogP contribution in [0.4, 0.5) is 0 Å². The lowest BCUT2D eigenvalue weighted by Gasteiger charge is -2.29. The molecular formula is C14H18Cl2N2O. The molecule has 5 heteroatoms. The van der Waals surface area contributed by atoms with Crippen molar-refractivity contribution in [2.24, 2.45) is 0 Å². The molecule has 1 atom stereocenters. The molecule has 2 rings (SSSR count). The average molecular weight is 301 g/mol. The third-order valence-electron chi connectivity index (χ3n) is 3.53. The number of carbonyl (C=O) groups excluding carboxylic acids is 1. The molecule has 1 aromatic rings. The highest BCUT2D eigenvalue weighted by Crippen LogP contribution is 2.23. The normalized spacial score (nSPS) is 22.5. The van der Waals surface area contributed by atoms with Crippen molar-refractivity contribution in [2.45, 2.75) is 31.8 Å². The molecule has 1 aliphatic heterocycles. The van der Waals surface area contributed by atoms with Gasteiger partial charge < -0.3 is 10.2 Å². The van der Waals surface area contributed by atoms with E-state index in [0.717, 1.165) is 24.9 Å². The fourth-order valence-corrected chi connectivity index (χ4v) is 3.12. The summed E-state index contributed by atoms with van der Waals surface area (Å²) in [5.41, 5.74) is 0.506. The van der Waals surface area contributed by atoms with Gasteiger partial charge in [-0.2, -0.15) is 0 Å². The Morgan fingerprint density at radius 3 is 2.53 bits per heavy atom. The predicted molar refractivity (Wildman–Crippen MR) is 78.6 cm³/mol. The highest BCUT2D eigenvalue weighted by Gasteiger charge is 2.37. The van der Waals surface area contributed by atoms with Crippen LogP contribution in [-0.2, 0) is 11.3 Å². The standard InChI is InChI=1S/C14H18Cl2N2O/c1-14(4-3-5-17-14)13(19)18(2)9-10-6-11(15)8-12(16)7-10/h6-8,17H,3-5,9H2,1-2H3. The fourth-order valence-electron chi connectivity index (χ4n) is 2.55. The molecule has 19 heavy (non-hydrogen) atoms. The summed E-state index contributed by atoms with van der Waals surface area (Å²) in [6.07, 6.45) is 1.92. The second-order valence-electron chi connectivity index (χ2n) is 5.30. The second kappa shape index (κ2) is 5.70. The minimum atomic E-state index is -0.433. The van der Waals surface area contributed by atoms with Crippen molar-refractivity contribution < 1.29 is 4.79 Å². The second-order valence-corrected chi connectivity index (χ2v) is 6.17. The van der Waals surface area contributed by atoms with Crippen LogP contribution in [-0.4, -0.2) is 29.9 Å². The first-order valence-electron chi connectivity index (χ1n) is 6.36. The number of hydrogen-bond donors (Lipinski definition) is 1. The zero-order valence-corrected chi connectivity index (χ0v) is 12.7. The van der Waals surface area contributed by atoms with Gasteiger partial charge in [0.15, 0.2) is 0 Å². The van der Waals surface area contributed by atoms with Crippen LogP contribution < -0.4 is 5.32 Å². The molecule has 1 unspecified atom stereocenters. The van der Waals surface area contributed by atoms with Crippen LogP contribution in [0.15, 0.2) is 18.2 Å². The number of nitrogens with zero attached hydrogens (tertiary/aromatic N) is 1. The first-order chi connectivity index (χ1) is 8.90. The molecule has 1 N–H and O–H groups in total.